The van der Waals surface area contributed by atoms with Crippen molar-refractivity contribution in [3.8, 4) is 11.8 Å². The average molecular weight is 576 g/mol. The third-order valence-corrected chi connectivity index (χ3v) is 8.26. The maximum atomic E-state index is 14.3. The molecule has 10 heteroatoms. The van der Waals surface area contributed by atoms with E-state index >= 15 is 0 Å². The Balaban J connectivity index is 1.46. The maximum Gasteiger partial charge on any atom is 0.415 e. The van der Waals surface area contributed by atoms with Crippen LogP contribution in [0.15, 0.2) is 72.9 Å². The molecule has 1 amide bonds. The van der Waals surface area contributed by atoms with Crippen LogP contribution < -0.4 is 15.4 Å². The zero-order valence-electron chi connectivity index (χ0n) is 22.5. The highest BCUT2D eigenvalue weighted by Crippen LogP contribution is 2.37. The number of hydrogen-bond donors (Lipinski definition) is 2. The van der Waals surface area contributed by atoms with Gasteiger partial charge in [-0.05, 0) is 67.4 Å². The lowest BCUT2D eigenvalue weighted by Crippen LogP contribution is -2.56. The first-order valence-corrected chi connectivity index (χ1v) is 14.1. The summed E-state index contributed by atoms with van der Waals surface area (Å²) in [5.74, 6) is -1.69. The Hall–Kier alpha value is -3.84. The molecular weight excluding hydrogens is 545 g/mol. The lowest BCUT2D eigenvalue weighted by Gasteiger charge is -2.38. The fourth-order valence-electron chi connectivity index (χ4n) is 5.94. The van der Waals surface area contributed by atoms with Gasteiger partial charge in [0, 0.05) is 42.7 Å². The molecule has 2 N–H and O–H groups in total. The summed E-state index contributed by atoms with van der Waals surface area (Å²) in [4.78, 5) is 33.8. The molecule has 3 heterocycles. The molecule has 0 spiro atoms. The number of ketones is 1. The number of carbonyl (C=O) groups is 2. The largest absolute Gasteiger partial charge is 0.415 e. The number of ether oxygens (including phenoxy) is 1. The molecule has 2 saturated heterocycles. The van der Waals surface area contributed by atoms with Crippen molar-refractivity contribution in [2.75, 3.05) is 19.6 Å². The Morgan fingerprint density at radius 2 is 1.85 bits per heavy atom. The fraction of sp³-hybridized carbons (Fsp3) is 0.355. The molecule has 2 fully saturated rings. The van der Waals surface area contributed by atoms with Gasteiger partial charge in [0.15, 0.2) is 5.78 Å². The molecule has 0 radical (unpaired) electrons. The molecule has 41 heavy (non-hydrogen) atoms. The van der Waals surface area contributed by atoms with Gasteiger partial charge in [-0.3, -0.25) is 9.78 Å². The van der Waals surface area contributed by atoms with Crippen molar-refractivity contribution in [2.24, 2.45) is 11.8 Å². The number of pyridine rings is 1. The summed E-state index contributed by atoms with van der Waals surface area (Å²) >= 11 is 6.15. The molecule has 2 aliphatic rings. The minimum absolute atomic E-state index is 0.117. The van der Waals surface area contributed by atoms with E-state index in [1.54, 1.807) is 23.2 Å². The van der Waals surface area contributed by atoms with Crippen LogP contribution in [0, 0.1) is 29.0 Å². The average Bonchev–Trinajstić information content (AvgIpc) is 3.43. The number of halogens is 2. The number of rotatable bonds is 7. The summed E-state index contributed by atoms with van der Waals surface area (Å²) < 4.78 is 19.1. The fourth-order valence-corrected chi connectivity index (χ4v) is 6.07. The number of amides is 1. The first kappa shape index (κ1) is 28.7. The van der Waals surface area contributed by atoms with Crippen LogP contribution in [0.3, 0.4) is 0 Å². The summed E-state index contributed by atoms with van der Waals surface area (Å²) in [6.45, 7) is 2.89. The van der Waals surface area contributed by atoms with Gasteiger partial charge in [-0.25, -0.2) is 9.18 Å². The molecule has 8 nitrogen and oxygen atoms in total. The second-order valence-electron chi connectivity index (χ2n) is 10.3. The third kappa shape index (κ3) is 6.25. The highest BCUT2D eigenvalue weighted by Gasteiger charge is 2.49. The summed E-state index contributed by atoms with van der Waals surface area (Å²) in [7, 11) is 0. The van der Waals surface area contributed by atoms with Gasteiger partial charge in [-0.1, -0.05) is 29.8 Å². The van der Waals surface area contributed by atoms with Crippen LogP contribution >= 0.6 is 11.6 Å². The van der Waals surface area contributed by atoms with Crippen molar-refractivity contribution in [3.05, 3.63) is 95.0 Å². The predicted octanol–water partition coefficient (Wildman–Crippen LogP) is 4.88. The molecule has 4 unspecified atom stereocenters. The first-order valence-electron chi connectivity index (χ1n) is 13.7. The maximum absolute atomic E-state index is 14.3. The van der Waals surface area contributed by atoms with E-state index in [2.05, 4.69) is 21.7 Å². The summed E-state index contributed by atoms with van der Waals surface area (Å²) in [6, 6.07) is 19.0. The molecule has 0 aliphatic carbocycles. The van der Waals surface area contributed by atoms with E-state index in [4.69, 9.17) is 16.3 Å². The second kappa shape index (κ2) is 12.8. The number of Topliss-reactive ketones (excluding diaryl/α,β-unsaturated/α-hetero) is 1. The van der Waals surface area contributed by atoms with Crippen molar-refractivity contribution < 1.29 is 18.7 Å². The smallest absolute Gasteiger partial charge is 0.410 e. The first-order chi connectivity index (χ1) is 19.9. The van der Waals surface area contributed by atoms with Gasteiger partial charge in [0.2, 0.25) is 0 Å². The van der Waals surface area contributed by atoms with Crippen molar-refractivity contribution in [2.45, 2.75) is 37.4 Å². The molecule has 6 atom stereocenters. The zero-order valence-corrected chi connectivity index (χ0v) is 23.3. The van der Waals surface area contributed by atoms with Gasteiger partial charge in [0.05, 0.1) is 35.8 Å². The number of hydrogen-bond acceptors (Lipinski definition) is 7. The Labute approximate surface area is 243 Å². The minimum Gasteiger partial charge on any atom is -0.410 e. The Bertz CT molecular complexity index is 1400. The second-order valence-corrected chi connectivity index (χ2v) is 10.8. The lowest BCUT2D eigenvalue weighted by atomic mass is 9.76. The molecule has 5 rings (SSSR count). The SMILES string of the molecule is CCN(C(=O)Oc1ccc(F)cc1)[C@H]1C(C(=O)C2CC(c3ccccn3)NCC2C#N)NC[C@@H]1c1ccc(Cl)cc1. The molecule has 2 aliphatic heterocycles. The van der Waals surface area contributed by atoms with E-state index in [0.717, 1.165) is 11.3 Å². The lowest BCUT2D eigenvalue weighted by molar-refractivity contribution is -0.128. The van der Waals surface area contributed by atoms with Gasteiger partial charge in [-0.15, -0.1) is 0 Å². The molecule has 0 saturated carbocycles. The zero-order chi connectivity index (χ0) is 28.9. The van der Waals surface area contributed by atoms with Crippen LogP contribution in [0.5, 0.6) is 5.75 Å². The molecule has 1 aromatic heterocycles. The van der Waals surface area contributed by atoms with Crippen LogP contribution in [-0.4, -0.2) is 53.5 Å². The van der Waals surface area contributed by atoms with E-state index in [1.165, 1.54) is 24.3 Å². The molecule has 212 valence electrons. The van der Waals surface area contributed by atoms with E-state index in [-0.39, 0.29) is 30.0 Å². The summed E-state index contributed by atoms with van der Waals surface area (Å²) in [5.41, 5.74) is 1.73. The molecular formula is C31H31ClFN5O3. The number of nitriles is 1. The summed E-state index contributed by atoms with van der Waals surface area (Å²) in [6.07, 6.45) is 1.48. The van der Waals surface area contributed by atoms with Crippen molar-refractivity contribution in [1.82, 2.24) is 20.5 Å². The number of carbonyl (C=O) groups excluding carboxylic acids is 2. The van der Waals surface area contributed by atoms with E-state index in [9.17, 15) is 19.2 Å². The monoisotopic (exact) mass is 575 g/mol. The highest BCUT2D eigenvalue weighted by atomic mass is 35.5. The standard InChI is InChI=1S/C31H31ClFN5O3/c1-2-38(31(40)41-23-12-10-22(33)11-13-23)29-25(19-6-8-21(32)9-7-19)18-37-28(29)30(39)24-15-27(36-17-20(24)16-34)26-5-3-4-14-35-26/h3-14,20,24-25,27-29,36-37H,2,15,17-18H2,1H3/t20?,24?,25-,27?,28?,29-/m1/s1. The minimum atomic E-state index is -0.736. The molecule has 2 aromatic carbocycles. The Kier molecular flexibility index (Phi) is 8.93. The number of likely N-dealkylation sites (N-methyl/N-ethyl adjacent to an activating group) is 1. The van der Waals surface area contributed by atoms with E-state index in [1.807, 2.05) is 37.3 Å². The van der Waals surface area contributed by atoms with Gasteiger partial charge < -0.3 is 20.3 Å². The van der Waals surface area contributed by atoms with Crippen molar-refractivity contribution >= 4 is 23.5 Å². The number of piperidine rings is 1. The Morgan fingerprint density at radius 1 is 1.10 bits per heavy atom. The number of nitrogens with zero attached hydrogens (tertiary/aromatic N) is 3. The highest BCUT2D eigenvalue weighted by molar-refractivity contribution is 6.30. The molecule has 3 aromatic rings. The van der Waals surface area contributed by atoms with Crippen LogP contribution in [0.2, 0.25) is 5.02 Å². The quantitative estimate of drug-likeness (QED) is 0.413. The normalized spacial score (nSPS) is 25.7. The Morgan fingerprint density at radius 3 is 2.51 bits per heavy atom. The van der Waals surface area contributed by atoms with Crippen LogP contribution in [-0.2, 0) is 4.79 Å². The van der Waals surface area contributed by atoms with E-state index < -0.39 is 35.8 Å². The van der Waals surface area contributed by atoms with Crippen LogP contribution in [0.4, 0.5) is 9.18 Å². The van der Waals surface area contributed by atoms with Gasteiger partial charge in [0.1, 0.15) is 11.6 Å². The van der Waals surface area contributed by atoms with Crippen molar-refractivity contribution in [1.29, 1.82) is 5.26 Å². The number of aromatic nitrogens is 1. The molecule has 0 bridgehead atoms. The topological polar surface area (TPSA) is 107 Å². The van der Waals surface area contributed by atoms with Crippen molar-refractivity contribution in [3.63, 3.8) is 0 Å². The van der Waals surface area contributed by atoms with Gasteiger partial charge in [-0.2, -0.15) is 5.26 Å². The number of nitrogens with one attached hydrogen (secondary N) is 2. The van der Waals surface area contributed by atoms with Gasteiger partial charge >= 0.3 is 6.09 Å². The van der Waals surface area contributed by atoms with Gasteiger partial charge in [0.25, 0.3) is 0 Å². The van der Waals surface area contributed by atoms with E-state index in [0.29, 0.717) is 24.5 Å². The number of benzene rings is 2. The van der Waals surface area contributed by atoms with Crippen LogP contribution in [0.1, 0.15) is 36.6 Å². The third-order valence-electron chi connectivity index (χ3n) is 8.01. The predicted molar refractivity (Wildman–Crippen MR) is 152 cm³/mol. The summed E-state index contributed by atoms with van der Waals surface area (Å²) in [5, 5.41) is 17.3. The van der Waals surface area contributed by atoms with Crippen LogP contribution in [0.25, 0.3) is 0 Å².